The molecule has 8 heteroatoms. The normalized spacial score (nSPS) is 29.4. The first-order chi connectivity index (χ1) is 14.3. The van der Waals surface area contributed by atoms with Crippen molar-refractivity contribution in [3.05, 3.63) is 34.6 Å². The molecule has 8 nitrogen and oxygen atoms in total. The number of nitrogens with one attached hydrogen (secondary N) is 1. The molecule has 2 bridgehead atoms. The standard InChI is InChI=1S/C22H27NO7/c1-11(24)29-16-10-22-7-8-23-14(18(22)21(28-4)19(16)26)9-13-5-6-15(27-3)20(17(13)22)30-12(2)25/h5-6,14,16,19,23,26H,7-10H2,1-4H3/t14-,16+,19+,22?/m1/s1. The Balaban J connectivity index is 2.01. The minimum absolute atomic E-state index is 0.0345. The summed E-state index contributed by atoms with van der Waals surface area (Å²) in [5.41, 5.74) is 2.19. The van der Waals surface area contributed by atoms with E-state index in [1.54, 1.807) is 6.07 Å². The molecular formula is C22H27NO7. The number of hydrogen-bond donors (Lipinski definition) is 2. The van der Waals surface area contributed by atoms with E-state index in [4.69, 9.17) is 18.9 Å². The number of aliphatic hydroxyl groups is 1. The number of esters is 2. The zero-order chi connectivity index (χ0) is 21.6. The monoisotopic (exact) mass is 417 g/mol. The summed E-state index contributed by atoms with van der Waals surface area (Å²) in [4.78, 5) is 23.7. The van der Waals surface area contributed by atoms with E-state index in [-0.39, 0.29) is 6.04 Å². The van der Waals surface area contributed by atoms with Crippen LogP contribution in [-0.4, -0.2) is 56.1 Å². The maximum Gasteiger partial charge on any atom is 0.308 e. The Bertz CT molecular complexity index is 924. The molecule has 4 rings (SSSR count). The lowest BCUT2D eigenvalue weighted by Crippen LogP contribution is -2.59. The van der Waals surface area contributed by atoms with E-state index in [1.165, 1.54) is 28.1 Å². The Morgan fingerprint density at radius 1 is 1.17 bits per heavy atom. The van der Waals surface area contributed by atoms with E-state index in [0.29, 0.717) is 36.5 Å². The molecule has 1 aromatic rings. The van der Waals surface area contributed by atoms with Crippen molar-refractivity contribution < 1.29 is 33.6 Å². The largest absolute Gasteiger partial charge is 0.498 e. The average Bonchev–Trinajstić information content (AvgIpc) is 2.67. The molecule has 0 spiro atoms. The molecule has 3 aliphatic rings. The van der Waals surface area contributed by atoms with Gasteiger partial charge in [-0.05, 0) is 36.6 Å². The third-order valence-corrected chi connectivity index (χ3v) is 6.36. The van der Waals surface area contributed by atoms with Gasteiger partial charge in [-0.2, -0.15) is 0 Å². The van der Waals surface area contributed by atoms with Crippen molar-refractivity contribution in [1.82, 2.24) is 5.32 Å². The van der Waals surface area contributed by atoms with Crippen molar-refractivity contribution in [2.24, 2.45) is 0 Å². The number of methoxy groups -OCH3 is 2. The van der Waals surface area contributed by atoms with Gasteiger partial charge in [0.05, 0.1) is 14.2 Å². The van der Waals surface area contributed by atoms with Crippen molar-refractivity contribution in [2.45, 2.75) is 56.8 Å². The van der Waals surface area contributed by atoms with Crippen LogP contribution in [0.2, 0.25) is 0 Å². The number of hydrogen-bond acceptors (Lipinski definition) is 8. The van der Waals surface area contributed by atoms with Crippen LogP contribution < -0.4 is 14.8 Å². The molecule has 0 radical (unpaired) electrons. The van der Waals surface area contributed by atoms with Gasteiger partial charge in [-0.15, -0.1) is 0 Å². The minimum atomic E-state index is -1.06. The number of benzene rings is 1. The van der Waals surface area contributed by atoms with Gasteiger partial charge in [0.25, 0.3) is 0 Å². The Kier molecular flexibility index (Phi) is 5.23. The quantitative estimate of drug-likeness (QED) is 0.559. The predicted octanol–water partition coefficient (Wildman–Crippen LogP) is 1.37. The first-order valence-electron chi connectivity index (χ1n) is 10.1. The van der Waals surface area contributed by atoms with Gasteiger partial charge in [-0.25, -0.2) is 0 Å². The Hall–Kier alpha value is -2.58. The second kappa shape index (κ2) is 7.59. The maximum atomic E-state index is 11.9. The number of piperidine rings is 1. The molecule has 1 fully saturated rings. The van der Waals surface area contributed by atoms with Crippen molar-refractivity contribution in [1.29, 1.82) is 0 Å². The van der Waals surface area contributed by atoms with Gasteiger partial charge in [-0.3, -0.25) is 9.59 Å². The fourth-order valence-electron chi connectivity index (χ4n) is 5.44. The van der Waals surface area contributed by atoms with E-state index < -0.39 is 29.6 Å². The van der Waals surface area contributed by atoms with Crippen LogP contribution in [0.3, 0.4) is 0 Å². The van der Waals surface area contributed by atoms with Crippen molar-refractivity contribution in [3.63, 3.8) is 0 Å². The fraction of sp³-hybridized carbons (Fsp3) is 0.545. The zero-order valence-corrected chi connectivity index (χ0v) is 17.6. The van der Waals surface area contributed by atoms with Gasteiger partial charge in [0.2, 0.25) is 0 Å². The summed E-state index contributed by atoms with van der Waals surface area (Å²) in [5.74, 6) is 0.338. The molecule has 0 amide bonds. The van der Waals surface area contributed by atoms with E-state index in [2.05, 4.69) is 5.32 Å². The number of fused-ring (bicyclic) bond motifs is 1. The van der Waals surface area contributed by atoms with Crippen LogP contribution in [0.25, 0.3) is 0 Å². The maximum absolute atomic E-state index is 11.9. The van der Waals surface area contributed by atoms with Crippen LogP contribution >= 0.6 is 0 Å². The van der Waals surface area contributed by atoms with Crippen LogP contribution in [0.5, 0.6) is 11.5 Å². The van der Waals surface area contributed by atoms with Crippen LogP contribution in [0.15, 0.2) is 23.5 Å². The topological polar surface area (TPSA) is 103 Å². The van der Waals surface area contributed by atoms with Gasteiger partial charge in [0.15, 0.2) is 11.5 Å². The second-order valence-corrected chi connectivity index (χ2v) is 8.05. The second-order valence-electron chi connectivity index (χ2n) is 8.05. The van der Waals surface area contributed by atoms with E-state index in [0.717, 1.165) is 23.2 Å². The minimum Gasteiger partial charge on any atom is -0.498 e. The molecule has 1 aliphatic heterocycles. The highest BCUT2D eigenvalue weighted by molar-refractivity contribution is 5.73. The molecule has 4 atom stereocenters. The number of carbonyl (C=O) groups is 2. The van der Waals surface area contributed by atoms with Crippen molar-refractivity contribution >= 4 is 11.9 Å². The molecule has 2 N–H and O–H groups in total. The fourth-order valence-corrected chi connectivity index (χ4v) is 5.44. The summed E-state index contributed by atoms with van der Waals surface area (Å²) in [6, 6.07) is 3.75. The van der Waals surface area contributed by atoms with E-state index in [1.807, 2.05) is 6.07 Å². The summed E-state index contributed by atoms with van der Waals surface area (Å²) in [6.07, 6.45) is -0.147. The van der Waals surface area contributed by atoms with Gasteiger partial charge >= 0.3 is 11.9 Å². The van der Waals surface area contributed by atoms with E-state index in [9.17, 15) is 14.7 Å². The summed E-state index contributed by atoms with van der Waals surface area (Å²) < 4.78 is 22.3. The van der Waals surface area contributed by atoms with Crippen molar-refractivity contribution in [2.75, 3.05) is 20.8 Å². The third kappa shape index (κ3) is 3.06. The molecular weight excluding hydrogens is 390 g/mol. The number of ether oxygens (including phenoxy) is 4. The van der Waals surface area contributed by atoms with Gasteiger partial charge < -0.3 is 29.4 Å². The predicted molar refractivity (Wildman–Crippen MR) is 106 cm³/mol. The number of carbonyl (C=O) groups excluding carboxylic acids is 2. The highest BCUT2D eigenvalue weighted by Crippen LogP contribution is 2.58. The summed E-state index contributed by atoms with van der Waals surface area (Å²) in [7, 11) is 3.04. The average molecular weight is 417 g/mol. The summed E-state index contributed by atoms with van der Waals surface area (Å²) in [6.45, 7) is 3.40. The Labute approximate surface area is 175 Å². The molecule has 0 saturated carbocycles. The highest BCUT2D eigenvalue weighted by atomic mass is 16.6. The molecule has 162 valence electrons. The van der Waals surface area contributed by atoms with Crippen LogP contribution in [0, 0.1) is 0 Å². The molecule has 30 heavy (non-hydrogen) atoms. The Morgan fingerprint density at radius 2 is 1.93 bits per heavy atom. The van der Waals surface area contributed by atoms with Crippen LogP contribution in [0.4, 0.5) is 0 Å². The lowest BCUT2D eigenvalue weighted by molar-refractivity contribution is -0.155. The van der Waals surface area contributed by atoms with Gasteiger partial charge in [-0.1, -0.05) is 6.07 Å². The smallest absolute Gasteiger partial charge is 0.308 e. The van der Waals surface area contributed by atoms with Gasteiger partial charge in [0, 0.05) is 37.3 Å². The molecule has 0 aromatic heterocycles. The molecule has 1 aromatic carbocycles. The first kappa shape index (κ1) is 20.7. The molecule has 1 heterocycles. The summed E-state index contributed by atoms with van der Waals surface area (Å²) in [5, 5.41) is 14.5. The molecule has 1 unspecified atom stereocenters. The van der Waals surface area contributed by atoms with Gasteiger partial charge in [0.1, 0.15) is 18.0 Å². The Morgan fingerprint density at radius 3 is 2.57 bits per heavy atom. The number of aliphatic hydroxyl groups excluding tert-OH is 1. The lowest BCUT2D eigenvalue weighted by Gasteiger charge is -2.54. The van der Waals surface area contributed by atoms with Crippen LogP contribution in [-0.2, 0) is 30.9 Å². The first-order valence-corrected chi connectivity index (χ1v) is 10.1. The number of rotatable bonds is 4. The zero-order valence-electron chi connectivity index (χ0n) is 17.6. The molecule has 2 aliphatic carbocycles. The van der Waals surface area contributed by atoms with Crippen LogP contribution in [0.1, 0.15) is 37.8 Å². The molecule has 1 saturated heterocycles. The van der Waals surface area contributed by atoms with Crippen molar-refractivity contribution in [3.8, 4) is 11.5 Å². The SMILES string of the molecule is COC1=C2[C@H]3Cc4ccc(OC)c(OC(C)=O)c4C2(CCN3)C[C@H](OC(C)=O)[C@@H]1O. The highest BCUT2D eigenvalue weighted by Gasteiger charge is 2.57. The lowest BCUT2D eigenvalue weighted by atomic mass is 9.55. The van der Waals surface area contributed by atoms with E-state index >= 15 is 0 Å². The third-order valence-electron chi connectivity index (χ3n) is 6.36. The summed E-state index contributed by atoms with van der Waals surface area (Å²) >= 11 is 0.